The van der Waals surface area contributed by atoms with Gasteiger partial charge in [0.1, 0.15) is 11.5 Å². The number of rotatable bonds is 4. The lowest BCUT2D eigenvalue weighted by Gasteiger charge is -2.04. The summed E-state index contributed by atoms with van der Waals surface area (Å²) in [6, 6.07) is 15.3. The van der Waals surface area contributed by atoms with Crippen LogP contribution in [0.1, 0.15) is 16.3 Å². The van der Waals surface area contributed by atoms with Crippen LogP contribution in [0.2, 0.25) is 5.02 Å². The zero-order valence-electron chi connectivity index (χ0n) is 13.5. The summed E-state index contributed by atoms with van der Waals surface area (Å²) in [6.07, 6.45) is 4.72. The molecule has 2 aromatic carbocycles. The van der Waals surface area contributed by atoms with Gasteiger partial charge >= 0.3 is 0 Å². The van der Waals surface area contributed by atoms with Crippen molar-refractivity contribution in [2.24, 2.45) is 5.10 Å². The van der Waals surface area contributed by atoms with E-state index in [1.54, 1.807) is 18.5 Å². The van der Waals surface area contributed by atoms with Crippen LogP contribution in [-0.2, 0) is 0 Å². The Kier molecular flexibility index (Phi) is 4.25. The van der Waals surface area contributed by atoms with Crippen LogP contribution >= 0.6 is 11.6 Å². The maximum atomic E-state index is 12.7. The number of para-hydroxylation sites is 1. The van der Waals surface area contributed by atoms with Crippen LogP contribution in [0.4, 0.5) is 0 Å². The standard InChI is InChI=1S/C19H14ClN5O/c20-14-8-4-7-13-16(12-5-2-1-3-6-12)18(24-17(13)14)19(26)25-23-11-15-21-9-10-22-15/h1-11,24H,(H,21,22)(H,25,26)/b23-11-. The number of amides is 1. The van der Waals surface area contributed by atoms with Crippen LogP contribution in [0.3, 0.4) is 0 Å². The lowest BCUT2D eigenvalue weighted by Crippen LogP contribution is -2.19. The molecule has 0 bridgehead atoms. The van der Waals surface area contributed by atoms with Crippen molar-refractivity contribution in [2.75, 3.05) is 0 Å². The molecule has 7 heteroatoms. The zero-order chi connectivity index (χ0) is 17.9. The number of benzene rings is 2. The number of carbonyl (C=O) groups excluding carboxylic acids is 1. The summed E-state index contributed by atoms with van der Waals surface area (Å²) in [7, 11) is 0. The van der Waals surface area contributed by atoms with Crippen molar-refractivity contribution in [3.63, 3.8) is 0 Å². The summed E-state index contributed by atoms with van der Waals surface area (Å²) in [5.41, 5.74) is 5.34. The third-order valence-corrected chi connectivity index (χ3v) is 4.26. The van der Waals surface area contributed by atoms with Gasteiger partial charge in [-0.1, -0.05) is 54.1 Å². The highest BCUT2D eigenvalue weighted by molar-refractivity contribution is 6.36. The predicted octanol–water partition coefficient (Wildman–Crippen LogP) is 3.98. The van der Waals surface area contributed by atoms with Crippen LogP contribution in [-0.4, -0.2) is 27.1 Å². The normalized spacial score (nSPS) is 11.3. The van der Waals surface area contributed by atoms with Gasteiger partial charge in [-0.05, 0) is 11.6 Å². The van der Waals surface area contributed by atoms with Gasteiger partial charge in [-0.15, -0.1) is 0 Å². The van der Waals surface area contributed by atoms with Gasteiger partial charge in [0.15, 0.2) is 0 Å². The summed E-state index contributed by atoms with van der Waals surface area (Å²) >= 11 is 6.30. The van der Waals surface area contributed by atoms with E-state index in [9.17, 15) is 4.79 Å². The third-order valence-electron chi connectivity index (χ3n) is 3.94. The monoisotopic (exact) mass is 363 g/mol. The first-order valence-electron chi connectivity index (χ1n) is 7.92. The maximum Gasteiger partial charge on any atom is 0.288 e. The average molecular weight is 364 g/mol. The number of imidazole rings is 1. The molecule has 3 N–H and O–H groups in total. The third kappa shape index (κ3) is 2.98. The van der Waals surface area contributed by atoms with Crippen molar-refractivity contribution in [3.05, 3.63) is 77.5 Å². The molecule has 4 rings (SSSR count). The fraction of sp³-hybridized carbons (Fsp3) is 0. The Morgan fingerprint density at radius 3 is 2.77 bits per heavy atom. The molecule has 0 saturated heterocycles. The van der Waals surface area contributed by atoms with Gasteiger partial charge in [0, 0.05) is 23.3 Å². The van der Waals surface area contributed by atoms with Gasteiger partial charge in [0.25, 0.3) is 5.91 Å². The second-order valence-electron chi connectivity index (χ2n) is 5.58. The number of hydrazone groups is 1. The van der Waals surface area contributed by atoms with E-state index in [2.05, 4.69) is 25.5 Å². The minimum atomic E-state index is -0.362. The fourth-order valence-electron chi connectivity index (χ4n) is 2.81. The molecule has 128 valence electrons. The first-order valence-corrected chi connectivity index (χ1v) is 8.30. The topological polar surface area (TPSA) is 85.9 Å². The number of H-pyrrole nitrogens is 2. The molecule has 0 aliphatic rings. The van der Waals surface area contributed by atoms with Gasteiger partial charge in [0.05, 0.1) is 16.8 Å². The van der Waals surface area contributed by atoms with E-state index in [0.717, 1.165) is 16.5 Å². The number of hydrogen-bond donors (Lipinski definition) is 3. The van der Waals surface area contributed by atoms with Crippen LogP contribution in [0, 0.1) is 0 Å². The number of halogens is 1. The van der Waals surface area contributed by atoms with Crippen molar-refractivity contribution in [1.29, 1.82) is 0 Å². The van der Waals surface area contributed by atoms with Crippen LogP contribution in [0.25, 0.3) is 22.0 Å². The van der Waals surface area contributed by atoms with Crippen molar-refractivity contribution in [2.45, 2.75) is 0 Å². The van der Waals surface area contributed by atoms with Crippen molar-refractivity contribution >= 4 is 34.6 Å². The van der Waals surface area contributed by atoms with E-state index < -0.39 is 0 Å². The van der Waals surface area contributed by atoms with Crippen molar-refractivity contribution < 1.29 is 4.79 Å². The molecule has 2 aromatic heterocycles. The van der Waals surface area contributed by atoms with Crippen LogP contribution in [0.5, 0.6) is 0 Å². The average Bonchev–Trinajstić information content (AvgIpc) is 3.30. The van der Waals surface area contributed by atoms with Gasteiger partial charge in [0.2, 0.25) is 0 Å². The van der Waals surface area contributed by atoms with Gasteiger partial charge in [-0.25, -0.2) is 10.4 Å². The minimum Gasteiger partial charge on any atom is -0.349 e. The predicted molar refractivity (Wildman–Crippen MR) is 102 cm³/mol. The van der Waals surface area contributed by atoms with Gasteiger partial charge in [-0.3, -0.25) is 4.79 Å². The van der Waals surface area contributed by atoms with E-state index in [4.69, 9.17) is 11.6 Å². The van der Waals surface area contributed by atoms with Crippen LogP contribution < -0.4 is 5.43 Å². The second-order valence-corrected chi connectivity index (χ2v) is 5.98. The molecule has 0 saturated carbocycles. The van der Waals surface area contributed by atoms with Crippen molar-refractivity contribution in [1.82, 2.24) is 20.4 Å². The number of nitrogens with zero attached hydrogens (tertiary/aromatic N) is 2. The Balaban J connectivity index is 1.76. The molecule has 0 atom stereocenters. The van der Waals surface area contributed by atoms with E-state index in [0.29, 0.717) is 22.1 Å². The fourth-order valence-corrected chi connectivity index (χ4v) is 3.03. The molecule has 26 heavy (non-hydrogen) atoms. The lowest BCUT2D eigenvalue weighted by molar-refractivity contribution is 0.0951. The largest absolute Gasteiger partial charge is 0.349 e. The Bertz CT molecular complexity index is 1080. The van der Waals surface area contributed by atoms with Gasteiger partial charge < -0.3 is 9.97 Å². The molecular weight excluding hydrogens is 350 g/mol. The number of aromatic nitrogens is 3. The van der Waals surface area contributed by atoms with E-state index in [1.807, 2.05) is 42.5 Å². The second kappa shape index (κ2) is 6.85. The molecule has 0 fully saturated rings. The molecule has 1 amide bonds. The minimum absolute atomic E-state index is 0.362. The number of nitrogens with one attached hydrogen (secondary N) is 3. The van der Waals surface area contributed by atoms with E-state index in [-0.39, 0.29) is 5.91 Å². The number of hydrogen-bond acceptors (Lipinski definition) is 3. The molecule has 6 nitrogen and oxygen atoms in total. The molecular formula is C19H14ClN5O. The summed E-state index contributed by atoms with van der Waals surface area (Å²) < 4.78 is 0. The van der Waals surface area contributed by atoms with E-state index in [1.165, 1.54) is 6.21 Å². The first kappa shape index (κ1) is 16.1. The summed E-state index contributed by atoms with van der Waals surface area (Å²) in [5.74, 6) is 0.187. The number of fused-ring (bicyclic) bond motifs is 1. The molecule has 0 aliphatic carbocycles. The highest BCUT2D eigenvalue weighted by atomic mass is 35.5. The Hall–Kier alpha value is -3.38. The van der Waals surface area contributed by atoms with E-state index >= 15 is 0 Å². The number of carbonyl (C=O) groups is 1. The van der Waals surface area contributed by atoms with Crippen molar-refractivity contribution in [3.8, 4) is 11.1 Å². The molecule has 0 unspecified atom stereocenters. The molecule has 0 aliphatic heterocycles. The van der Waals surface area contributed by atoms with Gasteiger partial charge in [-0.2, -0.15) is 5.10 Å². The quantitative estimate of drug-likeness (QED) is 0.378. The highest BCUT2D eigenvalue weighted by Gasteiger charge is 2.20. The molecule has 0 spiro atoms. The highest BCUT2D eigenvalue weighted by Crippen LogP contribution is 2.35. The Morgan fingerprint density at radius 1 is 1.15 bits per heavy atom. The molecule has 0 radical (unpaired) electrons. The summed E-state index contributed by atoms with van der Waals surface area (Å²) in [4.78, 5) is 22.7. The zero-order valence-corrected chi connectivity index (χ0v) is 14.3. The Morgan fingerprint density at radius 2 is 2.00 bits per heavy atom. The smallest absolute Gasteiger partial charge is 0.288 e. The molecule has 2 heterocycles. The van der Waals surface area contributed by atoms with Crippen LogP contribution in [0.15, 0.2) is 66.0 Å². The first-order chi connectivity index (χ1) is 12.7. The Labute approximate surface area is 153 Å². The number of aromatic amines is 2. The maximum absolute atomic E-state index is 12.7. The summed E-state index contributed by atoms with van der Waals surface area (Å²) in [5, 5.41) is 5.38. The SMILES string of the molecule is O=C(N/N=C\c1ncc[nH]1)c1[nH]c2c(Cl)cccc2c1-c1ccccc1. The summed E-state index contributed by atoms with van der Waals surface area (Å²) in [6.45, 7) is 0. The molecule has 4 aromatic rings. The lowest BCUT2D eigenvalue weighted by atomic mass is 10.0.